The zero-order chi connectivity index (χ0) is 9.26. The molecule has 0 saturated heterocycles. The van der Waals surface area contributed by atoms with Crippen LogP contribution < -0.4 is 0 Å². The minimum Gasteiger partial charge on any atom is -0.264 e. The van der Waals surface area contributed by atoms with Crippen LogP contribution in [-0.4, -0.2) is 4.98 Å². The summed E-state index contributed by atoms with van der Waals surface area (Å²) in [6.07, 6.45) is 5.37. The highest BCUT2D eigenvalue weighted by Gasteiger charge is 1.99. The van der Waals surface area contributed by atoms with Crippen LogP contribution in [0.1, 0.15) is 5.56 Å². The first-order chi connectivity index (χ1) is 6.31. The summed E-state index contributed by atoms with van der Waals surface area (Å²) < 4.78 is 0. The van der Waals surface area contributed by atoms with Crippen LogP contribution in [0.2, 0.25) is 5.02 Å². The molecule has 0 N–H and O–H groups in total. The Morgan fingerprint density at radius 2 is 2.23 bits per heavy atom. The molecule has 0 unspecified atom stereocenters. The maximum Gasteiger partial charge on any atom is 0.0418 e. The van der Waals surface area contributed by atoms with Crippen LogP contribution in [0.3, 0.4) is 0 Å². The molecule has 0 atom stereocenters. The molecular formula is C11H8ClN. The second kappa shape index (κ2) is 3.19. The van der Waals surface area contributed by atoms with E-state index in [1.54, 1.807) is 12.3 Å². The van der Waals surface area contributed by atoms with E-state index in [0.29, 0.717) is 0 Å². The summed E-state index contributed by atoms with van der Waals surface area (Å²) in [5, 5.41) is 2.91. The molecule has 1 aromatic carbocycles. The average molecular weight is 190 g/mol. The van der Waals surface area contributed by atoms with Gasteiger partial charge in [0.1, 0.15) is 0 Å². The Kier molecular flexibility index (Phi) is 2.03. The number of hydrogen-bond donors (Lipinski definition) is 0. The molecule has 0 aliphatic rings. The van der Waals surface area contributed by atoms with E-state index in [0.717, 1.165) is 21.4 Å². The van der Waals surface area contributed by atoms with Crippen molar-refractivity contribution >= 4 is 28.4 Å². The minimum absolute atomic E-state index is 0.730. The molecule has 0 spiro atoms. The molecule has 0 saturated carbocycles. The van der Waals surface area contributed by atoms with Crippen LogP contribution in [0.15, 0.2) is 37.2 Å². The van der Waals surface area contributed by atoms with Gasteiger partial charge in [0.2, 0.25) is 0 Å². The van der Waals surface area contributed by atoms with Gasteiger partial charge in [0, 0.05) is 22.8 Å². The van der Waals surface area contributed by atoms with Crippen molar-refractivity contribution in [2.24, 2.45) is 0 Å². The van der Waals surface area contributed by atoms with Crippen molar-refractivity contribution in [1.82, 2.24) is 4.98 Å². The van der Waals surface area contributed by atoms with E-state index in [1.165, 1.54) is 0 Å². The van der Waals surface area contributed by atoms with E-state index in [2.05, 4.69) is 11.6 Å². The largest absolute Gasteiger partial charge is 0.264 e. The SMILES string of the molecule is C=Cc1cc(Cl)cc2ccncc12. The fraction of sp³-hybridized carbons (Fsp3) is 0. The molecule has 2 aromatic rings. The lowest BCUT2D eigenvalue weighted by Crippen LogP contribution is -1.80. The summed E-state index contributed by atoms with van der Waals surface area (Å²) >= 11 is 5.93. The third-order valence-electron chi connectivity index (χ3n) is 1.97. The van der Waals surface area contributed by atoms with Gasteiger partial charge >= 0.3 is 0 Å². The fourth-order valence-electron chi connectivity index (χ4n) is 1.36. The Hall–Kier alpha value is -1.34. The van der Waals surface area contributed by atoms with Gasteiger partial charge in [-0.25, -0.2) is 0 Å². The van der Waals surface area contributed by atoms with Crippen molar-refractivity contribution < 1.29 is 0 Å². The van der Waals surface area contributed by atoms with Crippen molar-refractivity contribution in [3.8, 4) is 0 Å². The molecular weight excluding hydrogens is 182 g/mol. The smallest absolute Gasteiger partial charge is 0.0418 e. The standard InChI is InChI=1S/C11H8ClN/c1-2-8-5-10(12)6-9-3-4-13-7-11(8)9/h2-7H,1H2. The van der Waals surface area contributed by atoms with Gasteiger partial charge in [-0.1, -0.05) is 24.3 Å². The molecule has 0 aliphatic heterocycles. The van der Waals surface area contributed by atoms with E-state index in [4.69, 9.17) is 11.6 Å². The van der Waals surface area contributed by atoms with E-state index >= 15 is 0 Å². The number of aromatic nitrogens is 1. The lowest BCUT2D eigenvalue weighted by atomic mass is 10.1. The summed E-state index contributed by atoms with van der Waals surface area (Å²) in [5.41, 5.74) is 1.02. The fourth-order valence-corrected chi connectivity index (χ4v) is 1.59. The van der Waals surface area contributed by atoms with E-state index in [9.17, 15) is 0 Å². The minimum atomic E-state index is 0.730. The molecule has 0 fully saturated rings. The van der Waals surface area contributed by atoms with Gasteiger partial charge in [-0.15, -0.1) is 0 Å². The Morgan fingerprint density at radius 3 is 3.00 bits per heavy atom. The highest BCUT2D eigenvalue weighted by atomic mass is 35.5. The molecule has 0 amide bonds. The zero-order valence-electron chi connectivity index (χ0n) is 7.00. The van der Waals surface area contributed by atoms with Crippen LogP contribution in [0.4, 0.5) is 0 Å². The topological polar surface area (TPSA) is 12.9 Å². The maximum absolute atomic E-state index is 5.93. The number of halogens is 1. The first-order valence-electron chi connectivity index (χ1n) is 3.97. The van der Waals surface area contributed by atoms with Crippen molar-refractivity contribution in [2.45, 2.75) is 0 Å². The van der Waals surface area contributed by atoms with Crippen LogP contribution >= 0.6 is 11.6 Å². The lowest BCUT2D eigenvalue weighted by Gasteiger charge is -2.01. The monoisotopic (exact) mass is 189 g/mol. The number of pyridine rings is 1. The molecule has 13 heavy (non-hydrogen) atoms. The van der Waals surface area contributed by atoms with E-state index in [1.807, 2.05) is 24.4 Å². The molecule has 64 valence electrons. The Balaban J connectivity index is 2.89. The first kappa shape index (κ1) is 8.27. The van der Waals surface area contributed by atoms with Crippen molar-refractivity contribution in [2.75, 3.05) is 0 Å². The van der Waals surface area contributed by atoms with Gasteiger partial charge in [-0.05, 0) is 29.1 Å². The predicted octanol–water partition coefficient (Wildman–Crippen LogP) is 3.53. The predicted molar refractivity (Wildman–Crippen MR) is 56.8 cm³/mol. The number of rotatable bonds is 1. The molecule has 1 heterocycles. The number of fused-ring (bicyclic) bond motifs is 1. The molecule has 0 aliphatic carbocycles. The third-order valence-corrected chi connectivity index (χ3v) is 2.19. The Labute approximate surface area is 81.7 Å². The van der Waals surface area contributed by atoms with Crippen LogP contribution in [0.25, 0.3) is 16.8 Å². The third kappa shape index (κ3) is 1.43. The summed E-state index contributed by atoms with van der Waals surface area (Å²) in [7, 11) is 0. The highest BCUT2D eigenvalue weighted by Crippen LogP contribution is 2.23. The molecule has 2 heteroatoms. The van der Waals surface area contributed by atoms with Crippen LogP contribution in [0, 0.1) is 0 Å². The second-order valence-corrected chi connectivity index (χ2v) is 3.23. The Morgan fingerprint density at radius 1 is 1.38 bits per heavy atom. The number of hydrogen-bond acceptors (Lipinski definition) is 1. The molecule has 0 bridgehead atoms. The highest BCUT2D eigenvalue weighted by molar-refractivity contribution is 6.31. The van der Waals surface area contributed by atoms with Gasteiger partial charge in [0.05, 0.1) is 0 Å². The maximum atomic E-state index is 5.93. The Bertz CT molecular complexity index is 463. The van der Waals surface area contributed by atoms with Gasteiger partial charge in [-0.3, -0.25) is 4.98 Å². The number of benzene rings is 1. The summed E-state index contributed by atoms with van der Waals surface area (Å²) in [6.45, 7) is 3.74. The summed E-state index contributed by atoms with van der Waals surface area (Å²) in [4.78, 5) is 4.06. The van der Waals surface area contributed by atoms with Gasteiger partial charge in [-0.2, -0.15) is 0 Å². The second-order valence-electron chi connectivity index (χ2n) is 2.80. The zero-order valence-corrected chi connectivity index (χ0v) is 7.75. The van der Waals surface area contributed by atoms with Crippen molar-refractivity contribution in [3.63, 3.8) is 0 Å². The quantitative estimate of drug-likeness (QED) is 0.669. The van der Waals surface area contributed by atoms with E-state index < -0.39 is 0 Å². The van der Waals surface area contributed by atoms with Crippen molar-refractivity contribution in [3.05, 3.63) is 47.8 Å². The molecule has 2 rings (SSSR count). The van der Waals surface area contributed by atoms with Crippen molar-refractivity contribution in [1.29, 1.82) is 0 Å². The molecule has 1 nitrogen and oxygen atoms in total. The normalized spacial score (nSPS) is 10.2. The summed E-state index contributed by atoms with van der Waals surface area (Å²) in [5.74, 6) is 0. The molecule has 1 aromatic heterocycles. The van der Waals surface area contributed by atoms with Gasteiger partial charge in [0.25, 0.3) is 0 Å². The van der Waals surface area contributed by atoms with Gasteiger partial charge < -0.3 is 0 Å². The van der Waals surface area contributed by atoms with E-state index in [-0.39, 0.29) is 0 Å². The molecule has 0 radical (unpaired) electrons. The number of nitrogens with zero attached hydrogens (tertiary/aromatic N) is 1. The van der Waals surface area contributed by atoms with Gasteiger partial charge in [0.15, 0.2) is 0 Å². The lowest BCUT2D eigenvalue weighted by molar-refractivity contribution is 1.36. The van der Waals surface area contributed by atoms with Crippen LogP contribution in [0.5, 0.6) is 0 Å². The average Bonchev–Trinajstić information content (AvgIpc) is 2.16. The summed E-state index contributed by atoms with van der Waals surface area (Å²) in [6, 6.07) is 5.75. The van der Waals surface area contributed by atoms with Crippen LogP contribution in [-0.2, 0) is 0 Å². The first-order valence-corrected chi connectivity index (χ1v) is 4.35.